The van der Waals surface area contributed by atoms with Crippen molar-refractivity contribution in [2.24, 2.45) is 0 Å². The number of benzene rings is 1. The van der Waals surface area contributed by atoms with Crippen molar-refractivity contribution < 1.29 is 23.1 Å². The lowest BCUT2D eigenvalue weighted by Gasteiger charge is -2.14. The zero-order chi connectivity index (χ0) is 16.4. The second kappa shape index (κ2) is 6.61. The molecule has 0 aliphatic heterocycles. The fraction of sp³-hybridized carbons (Fsp3) is 0.273. The van der Waals surface area contributed by atoms with E-state index in [1.54, 1.807) is 0 Å². The van der Waals surface area contributed by atoms with Gasteiger partial charge in [0.1, 0.15) is 4.90 Å². The molecule has 1 atom stereocenters. The van der Waals surface area contributed by atoms with Crippen LogP contribution in [0.15, 0.2) is 17.0 Å². The Hall–Kier alpha value is -1.35. The third kappa shape index (κ3) is 3.85. The Morgan fingerprint density at radius 2 is 1.86 bits per heavy atom. The molecule has 0 saturated heterocycles. The van der Waals surface area contributed by atoms with Crippen molar-refractivity contribution in [1.29, 1.82) is 0 Å². The number of hydrogen-bond acceptors (Lipinski definition) is 4. The van der Waals surface area contributed by atoms with Crippen molar-refractivity contribution in [1.82, 2.24) is 10.0 Å². The van der Waals surface area contributed by atoms with E-state index in [2.05, 4.69) is 10.0 Å². The van der Waals surface area contributed by atoms with Crippen molar-refractivity contribution in [2.45, 2.75) is 17.9 Å². The predicted octanol–water partition coefficient (Wildman–Crippen LogP) is 1.10. The highest BCUT2D eigenvalue weighted by Crippen LogP contribution is 2.31. The molecular formula is C11H12Cl2N2O5S. The van der Waals surface area contributed by atoms with Gasteiger partial charge in [-0.1, -0.05) is 23.2 Å². The van der Waals surface area contributed by atoms with Gasteiger partial charge in [-0.25, -0.2) is 13.2 Å². The smallest absolute Gasteiger partial charge is 0.338 e. The van der Waals surface area contributed by atoms with Gasteiger partial charge in [-0.2, -0.15) is 4.72 Å². The number of carbonyl (C=O) groups is 2. The Morgan fingerprint density at radius 3 is 2.33 bits per heavy atom. The first-order valence-electron chi connectivity index (χ1n) is 5.57. The number of hydrogen-bond donors (Lipinski definition) is 3. The van der Waals surface area contributed by atoms with Crippen LogP contribution in [-0.4, -0.2) is 38.5 Å². The van der Waals surface area contributed by atoms with Gasteiger partial charge in [0.05, 0.1) is 21.7 Å². The highest BCUT2D eigenvalue weighted by Gasteiger charge is 2.27. The van der Waals surface area contributed by atoms with Gasteiger partial charge in [0.15, 0.2) is 0 Å². The fourth-order valence-electron chi connectivity index (χ4n) is 1.50. The zero-order valence-corrected chi connectivity index (χ0v) is 13.3. The summed E-state index contributed by atoms with van der Waals surface area (Å²) in [5.74, 6) is -2.01. The number of halogens is 2. The van der Waals surface area contributed by atoms with Gasteiger partial charge in [0.25, 0.3) is 0 Å². The number of aromatic carboxylic acids is 1. The van der Waals surface area contributed by atoms with Crippen LogP contribution in [0.25, 0.3) is 0 Å². The van der Waals surface area contributed by atoms with E-state index >= 15 is 0 Å². The van der Waals surface area contributed by atoms with Gasteiger partial charge >= 0.3 is 5.97 Å². The van der Waals surface area contributed by atoms with Gasteiger partial charge in [0.2, 0.25) is 15.9 Å². The normalized spacial score (nSPS) is 12.8. The van der Waals surface area contributed by atoms with E-state index in [0.29, 0.717) is 0 Å². The number of carbonyl (C=O) groups excluding carboxylic acids is 1. The Bertz CT molecular complexity index is 690. The summed E-state index contributed by atoms with van der Waals surface area (Å²) in [7, 11) is -2.83. The lowest BCUT2D eigenvalue weighted by atomic mass is 10.2. The number of nitrogens with one attached hydrogen (secondary N) is 2. The molecule has 0 heterocycles. The van der Waals surface area contributed by atoms with Crippen molar-refractivity contribution in [3.63, 3.8) is 0 Å². The van der Waals surface area contributed by atoms with E-state index in [1.165, 1.54) is 14.0 Å². The van der Waals surface area contributed by atoms with E-state index in [0.717, 1.165) is 12.1 Å². The molecule has 1 unspecified atom stereocenters. The maximum absolute atomic E-state index is 12.2. The van der Waals surface area contributed by atoms with Crippen LogP contribution in [0.3, 0.4) is 0 Å². The summed E-state index contributed by atoms with van der Waals surface area (Å²) in [6.45, 7) is 1.33. The Labute approximate surface area is 131 Å². The monoisotopic (exact) mass is 354 g/mol. The minimum absolute atomic E-state index is 0.189. The maximum Gasteiger partial charge on any atom is 0.338 e. The molecule has 0 aliphatic carbocycles. The summed E-state index contributed by atoms with van der Waals surface area (Å²) in [5.41, 5.74) is -0.520. The third-order valence-electron chi connectivity index (χ3n) is 2.53. The minimum atomic E-state index is -4.18. The molecule has 0 spiro atoms. The molecule has 116 valence electrons. The summed E-state index contributed by atoms with van der Waals surface area (Å²) in [6.07, 6.45) is 0. The van der Waals surface area contributed by atoms with Crippen LogP contribution in [-0.2, 0) is 14.8 Å². The Balaban J connectivity index is 3.31. The van der Waals surface area contributed by atoms with Crippen molar-refractivity contribution >= 4 is 45.1 Å². The average molecular weight is 355 g/mol. The standard InChI is InChI=1S/C11H12Cl2N2O5S/c1-5(10(16)14-2)15-21(19,20)7-4-3-6(12)8(9(7)13)11(17)18/h3-5,15H,1-2H3,(H,14,16)(H,17,18). The molecule has 0 bridgehead atoms. The van der Waals surface area contributed by atoms with Crippen LogP contribution in [0, 0.1) is 0 Å². The van der Waals surface area contributed by atoms with Gasteiger partial charge in [-0.15, -0.1) is 0 Å². The number of amides is 1. The SMILES string of the molecule is CNC(=O)C(C)NS(=O)(=O)c1ccc(Cl)c(C(=O)O)c1Cl. The van der Waals surface area contributed by atoms with Crippen molar-refractivity contribution in [2.75, 3.05) is 7.05 Å². The summed E-state index contributed by atoms with van der Waals surface area (Å²) >= 11 is 11.5. The Kier molecular flexibility index (Phi) is 5.57. The first-order valence-corrected chi connectivity index (χ1v) is 7.81. The van der Waals surface area contributed by atoms with E-state index < -0.39 is 43.4 Å². The second-order valence-electron chi connectivity index (χ2n) is 4.00. The summed E-state index contributed by atoms with van der Waals surface area (Å²) in [5, 5.41) is 10.6. The zero-order valence-electron chi connectivity index (χ0n) is 11.0. The highest BCUT2D eigenvalue weighted by atomic mass is 35.5. The molecule has 0 fully saturated rings. The van der Waals surface area contributed by atoms with Crippen LogP contribution < -0.4 is 10.0 Å². The number of rotatable bonds is 5. The summed E-state index contributed by atoms with van der Waals surface area (Å²) in [6, 6.07) is 1.12. The van der Waals surface area contributed by atoms with Crippen molar-refractivity contribution in [3.8, 4) is 0 Å². The van der Waals surface area contributed by atoms with Gasteiger partial charge in [0, 0.05) is 7.05 Å². The molecule has 0 aliphatic rings. The van der Waals surface area contributed by atoms with Crippen molar-refractivity contribution in [3.05, 3.63) is 27.7 Å². The van der Waals surface area contributed by atoms with Crippen LogP contribution in [0.2, 0.25) is 10.0 Å². The summed E-state index contributed by atoms with van der Waals surface area (Å²) < 4.78 is 26.4. The molecule has 1 aromatic rings. The quantitative estimate of drug-likeness (QED) is 0.732. The lowest BCUT2D eigenvalue weighted by Crippen LogP contribution is -2.43. The molecule has 0 saturated carbocycles. The topological polar surface area (TPSA) is 113 Å². The molecule has 3 N–H and O–H groups in total. The van der Waals surface area contributed by atoms with E-state index in [-0.39, 0.29) is 5.02 Å². The fourth-order valence-corrected chi connectivity index (χ4v) is 3.62. The summed E-state index contributed by atoms with van der Waals surface area (Å²) in [4.78, 5) is 21.9. The molecular weight excluding hydrogens is 343 g/mol. The van der Waals surface area contributed by atoms with Crippen LogP contribution in [0.5, 0.6) is 0 Å². The van der Waals surface area contributed by atoms with E-state index in [1.807, 2.05) is 0 Å². The second-order valence-corrected chi connectivity index (χ2v) is 6.46. The van der Waals surface area contributed by atoms with Crippen LogP contribution >= 0.6 is 23.2 Å². The van der Waals surface area contributed by atoms with Crippen LogP contribution in [0.4, 0.5) is 0 Å². The first-order chi connectivity index (χ1) is 9.61. The van der Waals surface area contributed by atoms with E-state index in [9.17, 15) is 18.0 Å². The molecule has 1 rings (SSSR count). The molecule has 7 nitrogen and oxygen atoms in total. The maximum atomic E-state index is 12.2. The van der Waals surface area contributed by atoms with E-state index in [4.69, 9.17) is 28.3 Å². The number of sulfonamides is 1. The number of carboxylic acids is 1. The van der Waals surface area contributed by atoms with Crippen LogP contribution in [0.1, 0.15) is 17.3 Å². The molecule has 1 amide bonds. The molecule has 0 radical (unpaired) electrons. The number of carboxylic acid groups (broad SMARTS) is 1. The third-order valence-corrected chi connectivity index (χ3v) is 4.93. The minimum Gasteiger partial charge on any atom is -0.478 e. The van der Waals surface area contributed by atoms with Gasteiger partial charge < -0.3 is 10.4 Å². The van der Waals surface area contributed by atoms with Gasteiger partial charge in [-0.3, -0.25) is 4.79 Å². The first kappa shape index (κ1) is 17.7. The largest absolute Gasteiger partial charge is 0.478 e. The highest BCUT2D eigenvalue weighted by molar-refractivity contribution is 7.89. The molecule has 21 heavy (non-hydrogen) atoms. The molecule has 0 aromatic heterocycles. The van der Waals surface area contributed by atoms with Gasteiger partial charge in [-0.05, 0) is 19.1 Å². The average Bonchev–Trinajstić information content (AvgIpc) is 2.36. The molecule has 10 heteroatoms. The molecule has 1 aromatic carbocycles. The number of likely N-dealkylation sites (N-methyl/N-ethyl adjacent to an activating group) is 1. The Morgan fingerprint density at radius 1 is 1.29 bits per heavy atom. The lowest BCUT2D eigenvalue weighted by molar-refractivity contribution is -0.121. The predicted molar refractivity (Wildman–Crippen MR) is 77.3 cm³/mol.